The van der Waals surface area contributed by atoms with Gasteiger partial charge in [0.15, 0.2) is 0 Å². The van der Waals surface area contributed by atoms with Gasteiger partial charge in [-0.05, 0) is 31.2 Å². The minimum atomic E-state index is -0.606. The molecule has 6 heteroatoms. The molecule has 3 N–H and O–H groups in total. The van der Waals surface area contributed by atoms with Gasteiger partial charge in [-0.3, -0.25) is 4.79 Å². The molecule has 0 spiro atoms. The first-order valence-electron chi connectivity index (χ1n) is 7.75. The number of aliphatic hydroxyl groups excluding tert-OH is 1. The molecule has 1 aliphatic heterocycles. The van der Waals surface area contributed by atoms with Crippen LogP contribution in [0.1, 0.15) is 30.2 Å². The van der Waals surface area contributed by atoms with Gasteiger partial charge in [0.25, 0.3) is 5.91 Å². The van der Waals surface area contributed by atoms with Crippen molar-refractivity contribution in [3.05, 3.63) is 47.0 Å². The third-order valence-electron chi connectivity index (χ3n) is 3.78. The van der Waals surface area contributed by atoms with Crippen LogP contribution >= 0.6 is 0 Å². The van der Waals surface area contributed by atoms with Crippen molar-refractivity contribution in [1.82, 2.24) is 4.98 Å². The van der Waals surface area contributed by atoms with Crippen molar-refractivity contribution >= 4 is 23.2 Å². The summed E-state index contributed by atoms with van der Waals surface area (Å²) < 4.78 is 19.6. The van der Waals surface area contributed by atoms with Crippen LogP contribution in [0.2, 0.25) is 0 Å². The number of hydrogen-bond donors (Lipinski definition) is 3. The van der Waals surface area contributed by atoms with Gasteiger partial charge in [0.05, 0.1) is 35.7 Å². The van der Waals surface area contributed by atoms with Crippen molar-refractivity contribution < 1.29 is 19.0 Å². The van der Waals surface area contributed by atoms with Crippen LogP contribution in [-0.4, -0.2) is 29.2 Å². The first-order chi connectivity index (χ1) is 12.0. The van der Waals surface area contributed by atoms with Gasteiger partial charge < -0.3 is 20.1 Å². The number of amides is 1. The molecule has 3 rings (SSSR count). The largest absolute Gasteiger partial charge is 0.495 e. The van der Waals surface area contributed by atoms with E-state index in [1.165, 1.54) is 19.2 Å². The first kappa shape index (κ1) is 16.8. The van der Waals surface area contributed by atoms with Crippen molar-refractivity contribution in [3.63, 3.8) is 0 Å². The summed E-state index contributed by atoms with van der Waals surface area (Å²) in [6, 6.07) is 4.51. The average Bonchev–Trinajstić information content (AvgIpc) is 3.14. The summed E-state index contributed by atoms with van der Waals surface area (Å²) >= 11 is 0. The van der Waals surface area contributed by atoms with Gasteiger partial charge in [-0.15, -0.1) is 0 Å². The fourth-order valence-electron chi connectivity index (χ4n) is 2.61. The van der Waals surface area contributed by atoms with Crippen molar-refractivity contribution in [3.8, 4) is 17.6 Å². The molecule has 128 valence electrons. The topological polar surface area (TPSA) is 74.4 Å². The predicted molar refractivity (Wildman–Crippen MR) is 93.4 cm³/mol. The lowest BCUT2D eigenvalue weighted by Gasteiger charge is -2.05. The predicted octanol–water partition coefficient (Wildman–Crippen LogP) is 2.78. The molecule has 1 amide bonds. The molecule has 1 aromatic carbocycles. The van der Waals surface area contributed by atoms with Crippen LogP contribution in [-0.2, 0) is 4.79 Å². The minimum Gasteiger partial charge on any atom is -0.495 e. The highest BCUT2D eigenvalue weighted by molar-refractivity contribution is 6.35. The van der Waals surface area contributed by atoms with E-state index < -0.39 is 11.9 Å². The zero-order chi connectivity index (χ0) is 18.0. The summed E-state index contributed by atoms with van der Waals surface area (Å²) in [7, 11) is 1.53. The molecule has 2 aromatic rings. The average molecular weight is 340 g/mol. The van der Waals surface area contributed by atoms with Crippen LogP contribution in [0.25, 0.3) is 11.6 Å². The fourth-order valence-corrected chi connectivity index (χ4v) is 2.61. The van der Waals surface area contributed by atoms with Crippen molar-refractivity contribution in [1.29, 1.82) is 0 Å². The Morgan fingerprint density at radius 1 is 1.40 bits per heavy atom. The number of ether oxygens (including phenoxy) is 1. The van der Waals surface area contributed by atoms with E-state index in [0.29, 0.717) is 28.3 Å². The van der Waals surface area contributed by atoms with E-state index in [2.05, 4.69) is 22.1 Å². The number of aromatic nitrogens is 1. The third-order valence-corrected chi connectivity index (χ3v) is 3.78. The normalized spacial score (nSPS) is 15.4. The van der Waals surface area contributed by atoms with Gasteiger partial charge in [0, 0.05) is 18.2 Å². The summed E-state index contributed by atoms with van der Waals surface area (Å²) in [5.74, 6) is 5.22. The molecule has 5 nitrogen and oxygen atoms in total. The number of anilines is 1. The summed E-state index contributed by atoms with van der Waals surface area (Å²) in [6.07, 6.45) is 2.91. The molecule has 2 heterocycles. The van der Waals surface area contributed by atoms with Gasteiger partial charge in [-0.2, -0.15) is 0 Å². The van der Waals surface area contributed by atoms with Gasteiger partial charge in [0.1, 0.15) is 11.6 Å². The molecule has 1 aliphatic rings. The number of fused-ring (bicyclic) bond motifs is 1. The number of aliphatic hydroxyl groups is 1. The Hall–Kier alpha value is -3.04. The molecule has 0 saturated heterocycles. The number of carbonyl (C=O) groups excluding carboxylic acids is 1. The van der Waals surface area contributed by atoms with E-state index >= 15 is 0 Å². The zero-order valence-electron chi connectivity index (χ0n) is 13.8. The highest BCUT2D eigenvalue weighted by Crippen LogP contribution is 2.37. The van der Waals surface area contributed by atoms with E-state index in [1.54, 1.807) is 25.3 Å². The van der Waals surface area contributed by atoms with E-state index in [-0.39, 0.29) is 17.9 Å². The van der Waals surface area contributed by atoms with Crippen LogP contribution < -0.4 is 10.1 Å². The Balaban J connectivity index is 2.13. The third kappa shape index (κ3) is 3.28. The van der Waals surface area contributed by atoms with Crippen LogP contribution in [0.5, 0.6) is 5.75 Å². The number of benzene rings is 1. The van der Waals surface area contributed by atoms with Crippen LogP contribution in [0.3, 0.4) is 0 Å². The summed E-state index contributed by atoms with van der Waals surface area (Å²) in [5, 5.41) is 12.0. The maximum absolute atomic E-state index is 14.3. The lowest BCUT2D eigenvalue weighted by molar-refractivity contribution is -0.110. The molecule has 1 atom stereocenters. The number of nitrogens with one attached hydrogen (secondary N) is 2. The Morgan fingerprint density at radius 3 is 2.92 bits per heavy atom. The highest BCUT2D eigenvalue weighted by Gasteiger charge is 2.28. The summed E-state index contributed by atoms with van der Waals surface area (Å²) in [4.78, 5) is 15.3. The molecular formula is C19H17FN2O3. The Morgan fingerprint density at radius 2 is 2.20 bits per heavy atom. The van der Waals surface area contributed by atoms with E-state index in [4.69, 9.17) is 4.74 Å². The fraction of sp³-hybridized carbons (Fsp3) is 0.211. The molecule has 0 unspecified atom stereocenters. The monoisotopic (exact) mass is 340 g/mol. The number of rotatable bonds is 3. The van der Waals surface area contributed by atoms with Gasteiger partial charge in [0.2, 0.25) is 0 Å². The van der Waals surface area contributed by atoms with Gasteiger partial charge >= 0.3 is 0 Å². The molecular weight excluding hydrogens is 323 g/mol. The van der Waals surface area contributed by atoms with Crippen molar-refractivity contribution in [2.45, 2.75) is 19.4 Å². The number of methoxy groups -OCH3 is 1. The van der Waals surface area contributed by atoms with Crippen LogP contribution in [0.4, 0.5) is 10.1 Å². The highest BCUT2D eigenvalue weighted by atomic mass is 19.1. The lowest BCUT2D eigenvalue weighted by Crippen LogP contribution is -2.03. The Bertz CT molecular complexity index is 916. The number of hydrogen-bond acceptors (Lipinski definition) is 3. The lowest BCUT2D eigenvalue weighted by atomic mass is 9.99. The summed E-state index contributed by atoms with van der Waals surface area (Å²) in [6.45, 7) is 1.61. The minimum absolute atomic E-state index is 0.133. The van der Waals surface area contributed by atoms with Gasteiger partial charge in [-0.1, -0.05) is 11.8 Å². The van der Waals surface area contributed by atoms with Crippen LogP contribution in [0, 0.1) is 17.7 Å². The van der Waals surface area contributed by atoms with Crippen molar-refractivity contribution in [2.24, 2.45) is 0 Å². The second-order valence-corrected chi connectivity index (χ2v) is 5.67. The smallest absolute Gasteiger partial charge is 0.256 e. The Labute approximate surface area is 144 Å². The molecule has 0 fully saturated rings. The molecule has 1 aromatic heterocycles. The first-order valence-corrected chi connectivity index (χ1v) is 7.75. The molecule has 25 heavy (non-hydrogen) atoms. The van der Waals surface area contributed by atoms with Crippen molar-refractivity contribution in [2.75, 3.05) is 12.4 Å². The standard InChI is InChI=1S/C19H17FN2O3/c1-11(23)4-3-5-12-14(20)6-7-15-18(12)13(19(24)22-15)10-16-17(25-2)8-9-21-16/h6-11,21,23H,4H2,1-2H3,(H,22,24)/b13-10-/t11-/m0/s1. The number of halogens is 1. The Kier molecular flexibility index (Phi) is 4.59. The second-order valence-electron chi connectivity index (χ2n) is 5.67. The zero-order valence-corrected chi connectivity index (χ0v) is 13.8. The number of aromatic amines is 1. The van der Waals surface area contributed by atoms with E-state index in [0.717, 1.165) is 0 Å². The second kappa shape index (κ2) is 6.83. The van der Waals surface area contributed by atoms with E-state index in [1.807, 2.05) is 0 Å². The molecule has 0 aliphatic carbocycles. The maximum atomic E-state index is 14.3. The molecule has 0 saturated carbocycles. The number of H-pyrrole nitrogens is 1. The van der Waals surface area contributed by atoms with Crippen LogP contribution in [0.15, 0.2) is 24.4 Å². The quantitative estimate of drug-likeness (QED) is 0.594. The van der Waals surface area contributed by atoms with E-state index in [9.17, 15) is 14.3 Å². The van der Waals surface area contributed by atoms with Gasteiger partial charge in [-0.25, -0.2) is 4.39 Å². The number of carbonyl (C=O) groups is 1. The molecule has 0 bridgehead atoms. The molecule has 0 radical (unpaired) electrons. The maximum Gasteiger partial charge on any atom is 0.256 e. The summed E-state index contributed by atoms with van der Waals surface area (Å²) in [5.41, 5.74) is 1.96. The SMILES string of the molecule is COc1cc[nH]c1/C=C1\C(=O)Nc2ccc(F)c(C#CC[C@H](C)O)c21.